The Balaban J connectivity index is 1.52. The predicted octanol–water partition coefficient (Wildman–Crippen LogP) is 4.31. The van der Waals surface area contributed by atoms with Crippen LogP contribution in [0.5, 0.6) is 0 Å². The topological polar surface area (TPSA) is 83.6 Å². The van der Waals surface area contributed by atoms with E-state index in [9.17, 15) is 18.0 Å². The smallest absolute Gasteiger partial charge is 0.226 e. The minimum absolute atomic E-state index is 0.0700. The van der Waals surface area contributed by atoms with Crippen LogP contribution in [0.15, 0.2) is 59.6 Å². The Hall–Kier alpha value is -2.93. The van der Waals surface area contributed by atoms with E-state index in [4.69, 9.17) is 0 Å². The summed E-state index contributed by atoms with van der Waals surface area (Å²) in [5.74, 6) is -0.426. The highest BCUT2D eigenvalue weighted by molar-refractivity contribution is 7.92. The van der Waals surface area contributed by atoms with Crippen molar-refractivity contribution < 1.29 is 18.0 Å². The number of nitrogens with one attached hydrogen (secondary N) is 1. The molecule has 6 nitrogen and oxygen atoms in total. The Bertz CT molecular complexity index is 1130. The summed E-state index contributed by atoms with van der Waals surface area (Å²) in [5.41, 5.74) is 2.33. The molecule has 0 aromatic heterocycles. The maximum Gasteiger partial charge on any atom is 0.226 e. The van der Waals surface area contributed by atoms with E-state index in [1.54, 1.807) is 29.3 Å². The van der Waals surface area contributed by atoms with Crippen LogP contribution in [0.3, 0.4) is 0 Å². The van der Waals surface area contributed by atoms with Crippen molar-refractivity contribution in [2.24, 2.45) is 0 Å². The Labute approximate surface area is 182 Å². The van der Waals surface area contributed by atoms with Gasteiger partial charge in [0.15, 0.2) is 9.84 Å². The lowest BCUT2D eigenvalue weighted by atomic mass is 9.93. The third-order valence-electron chi connectivity index (χ3n) is 6.04. The second kappa shape index (κ2) is 8.67. The van der Waals surface area contributed by atoms with Crippen LogP contribution in [-0.2, 0) is 19.4 Å². The Kier molecular flexibility index (Phi) is 5.96. The van der Waals surface area contributed by atoms with Crippen LogP contribution >= 0.6 is 0 Å². The summed E-state index contributed by atoms with van der Waals surface area (Å²) in [6.07, 6.45) is 6.89. The van der Waals surface area contributed by atoms with Gasteiger partial charge in [0.05, 0.1) is 22.6 Å². The molecule has 0 radical (unpaired) electrons. The summed E-state index contributed by atoms with van der Waals surface area (Å²) in [6.45, 7) is 1.47. The molecule has 1 aliphatic heterocycles. The fourth-order valence-electron chi connectivity index (χ4n) is 4.44. The normalized spacial score (nSPS) is 18.6. The summed E-state index contributed by atoms with van der Waals surface area (Å²) in [5, 5.41) is 2.48. The highest BCUT2D eigenvalue weighted by atomic mass is 32.2. The van der Waals surface area contributed by atoms with Gasteiger partial charge in [0.2, 0.25) is 11.8 Å². The average Bonchev–Trinajstić information content (AvgIpc) is 3.30. The van der Waals surface area contributed by atoms with E-state index in [0.717, 1.165) is 24.0 Å². The van der Waals surface area contributed by atoms with E-state index in [1.807, 2.05) is 30.3 Å². The maximum atomic E-state index is 12.9. The summed E-state index contributed by atoms with van der Waals surface area (Å²) >= 11 is 0. The number of benzene rings is 2. The van der Waals surface area contributed by atoms with Gasteiger partial charge in [-0.25, -0.2) is 8.42 Å². The van der Waals surface area contributed by atoms with E-state index in [1.165, 1.54) is 13.0 Å². The summed E-state index contributed by atoms with van der Waals surface area (Å²) in [7, 11) is -3.40. The number of hydrogen-bond donors (Lipinski definition) is 1. The lowest BCUT2D eigenvalue weighted by Crippen LogP contribution is -2.33. The first-order valence-corrected chi connectivity index (χ1v) is 12.1. The SMILES string of the molecule is CC(=O)N1C=Cc2ccccc2[C@H]1CC(=O)Nc1cccc(S(=O)(=O)C2CCCC2)c1. The van der Waals surface area contributed by atoms with Crippen LogP contribution in [0.4, 0.5) is 5.69 Å². The van der Waals surface area contributed by atoms with E-state index in [-0.39, 0.29) is 28.4 Å². The third-order valence-corrected chi connectivity index (χ3v) is 8.30. The Morgan fingerprint density at radius 3 is 2.55 bits per heavy atom. The number of rotatable bonds is 5. The van der Waals surface area contributed by atoms with E-state index < -0.39 is 15.9 Å². The molecule has 1 saturated carbocycles. The van der Waals surface area contributed by atoms with Gasteiger partial charge in [0, 0.05) is 18.8 Å². The molecule has 1 aliphatic carbocycles. The number of sulfone groups is 1. The first-order chi connectivity index (χ1) is 14.9. The van der Waals surface area contributed by atoms with E-state index in [0.29, 0.717) is 18.5 Å². The molecule has 4 rings (SSSR count). The standard InChI is InChI=1S/C24H26N2O4S/c1-17(27)26-14-13-18-7-2-5-12-22(18)23(26)16-24(28)25-19-8-6-11-21(15-19)31(29,30)20-9-3-4-10-20/h2,5-8,11-15,20,23H,3-4,9-10,16H2,1H3,(H,25,28)/t23-/m1/s1. The molecular weight excluding hydrogens is 412 g/mol. The molecule has 2 aromatic rings. The monoisotopic (exact) mass is 438 g/mol. The summed E-state index contributed by atoms with van der Waals surface area (Å²) < 4.78 is 25.8. The fourth-order valence-corrected chi connectivity index (χ4v) is 6.34. The zero-order chi connectivity index (χ0) is 22.0. The lowest BCUT2D eigenvalue weighted by molar-refractivity contribution is -0.129. The highest BCUT2D eigenvalue weighted by Crippen LogP contribution is 2.34. The molecular formula is C24H26N2O4S. The molecule has 1 fully saturated rings. The van der Waals surface area contributed by atoms with Crippen LogP contribution in [0, 0.1) is 0 Å². The minimum atomic E-state index is -3.40. The summed E-state index contributed by atoms with van der Waals surface area (Å²) in [4.78, 5) is 26.8. The quantitative estimate of drug-likeness (QED) is 0.754. The largest absolute Gasteiger partial charge is 0.326 e. The second-order valence-corrected chi connectivity index (χ2v) is 10.3. The van der Waals surface area contributed by atoms with Crippen molar-refractivity contribution in [3.05, 3.63) is 65.9 Å². The molecule has 2 aliphatic rings. The first kappa shape index (κ1) is 21.3. The van der Waals surface area contributed by atoms with Crippen molar-refractivity contribution in [3.63, 3.8) is 0 Å². The number of anilines is 1. The zero-order valence-corrected chi connectivity index (χ0v) is 18.3. The van der Waals surface area contributed by atoms with Gasteiger partial charge in [0.1, 0.15) is 0 Å². The summed E-state index contributed by atoms with van der Waals surface area (Å²) in [6, 6.07) is 13.7. The van der Waals surface area contributed by atoms with Gasteiger partial charge in [-0.15, -0.1) is 0 Å². The highest BCUT2D eigenvalue weighted by Gasteiger charge is 2.31. The van der Waals surface area contributed by atoms with Crippen molar-refractivity contribution in [1.29, 1.82) is 0 Å². The molecule has 1 N–H and O–H groups in total. The number of amides is 2. The number of carbonyl (C=O) groups is 2. The van der Waals surface area contributed by atoms with Gasteiger partial charge < -0.3 is 10.2 Å². The van der Waals surface area contributed by atoms with Crippen LogP contribution in [-0.4, -0.2) is 30.4 Å². The van der Waals surface area contributed by atoms with Crippen LogP contribution in [0.25, 0.3) is 6.08 Å². The van der Waals surface area contributed by atoms with E-state index in [2.05, 4.69) is 5.32 Å². The molecule has 2 aromatic carbocycles. The fraction of sp³-hybridized carbons (Fsp3) is 0.333. The van der Waals surface area contributed by atoms with Crippen molar-refractivity contribution in [2.75, 3.05) is 5.32 Å². The van der Waals surface area contributed by atoms with Crippen LogP contribution in [0.1, 0.15) is 56.2 Å². The number of carbonyl (C=O) groups excluding carboxylic acids is 2. The molecule has 2 amide bonds. The van der Waals surface area contributed by atoms with Crippen molar-refractivity contribution in [2.45, 2.75) is 55.2 Å². The van der Waals surface area contributed by atoms with Crippen molar-refractivity contribution in [1.82, 2.24) is 4.90 Å². The minimum Gasteiger partial charge on any atom is -0.326 e. The molecule has 162 valence electrons. The zero-order valence-electron chi connectivity index (χ0n) is 17.5. The molecule has 1 atom stereocenters. The number of nitrogens with zero attached hydrogens (tertiary/aromatic N) is 1. The predicted molar refractivity (Wildman–Crippen MR) is 120 cm³/mol. The number of fused-ring (bicyclic) bond motifs is 1. The van der Waals surface area contributed by atoms with Crippen LogP contribution < -0.4 is 5.32 Å². The first-order valence-electron chi connectivity index (χ1n) is 10.6. The van der Waals surface area contributed by atoms with Crippen LogP contribution in [0.2, 0.25) is 0 Å². The van der Waals surface area contributed by atoms with Gasteiger partial charge in [-0.3, -0.25) is 9.59 Å². The van der Waals surface area contributed by atoms with Gasteiger partial charge in [-0.1, -0.05) is 43.2 Å². The Morgan fingerprint density at radius 1 is 1.06 bits per heavy atom. The van der Waals surface area contributed by atoms with Crippen molar-refractivity contribution in [3.8, 4) is 0 Å². The molecule has 7 heteroatoms. The van der Waals surface area contributed by atoms with Gasteiger partial charge in [-0.2, -0.15) is 0 Å². The number of hydrogen-bond acceptors (Lipinski definition) is 4. The van der Waals surface area contributed by atoms with Gasteiger partial charge >= 0.3 is 0 Å². The molecule has 31 heavy (non-hydrogen) atoms. The molecule has 0 bridgehead atoms. The maximum absolute atomic E-state index is 12.9. The third kappa shape index (κ3) is 4.42. The van der Waals surface area contributed by atoms with Gasteiger partial charge in [-0.05, 0) is 48.2 Å². The van der Waals surface area contributed by atoms with Gasteiger partial charge in [0.25, 0.3) is 0 Å². The molecule has 0 spiro atoms. The second-order valence-electron chi connectivity index (χ2n) is 8.12. The molecule has 0 saturated heterocycles. The molecule has 0 unspecified atom stereocenters. The lowest BCUT2D eigenvalue weighted by Gasteiger charge is -2.32. The van der Waals surface area contributed by atoms with Crippen molar-refractivity contribution >= 4 is 33.4 Å². The Morgan fingerprint density at radius 2 is 1.81 bits per heavy atom. The van der Waals surface area contributed by atoms with E-state index >= 15 is 0 Å². The average molecular weight is 439 g/mol. The molecule has 1 heterocycles.